The van der Waals surface area contributed by atoms with Gasteiger partial charge in [0, 0.05) is 25.5 Å². The van der Waals surface area contributed by atoms with E-state index in [9.17, 15) is 0 Å². The van der Waals surface area contributed by atoms with Crippen molar-refractivity contribution in [2.75, 3.05) is 13.1 Å². The van der Waals surface area contributed by atoms with Crippen molar-refractivity contribution in [1.29, 1.82) is 0 Å². The van der Waals surface area contributed by atoms with Gasteiger partial charge in [-0.05, 0) is 36.7 Å². The number of thiocarbonyl (C=S) groups is 1. The monoisotopic (exact) mass is 237 g/mol. The van der Waals surface area contributed by atoms with E-state index in [-0.39, 0.29) is 0 Å². The summed E-state index contributed by atoms with van der Waals surface area (Å²) in [5.41, 5.74) is 1.23. The fourth-order valence-corrected chi connectivity index (χ4v) is 1.51. The molecular weight excluding hydrogens is 218 g/mol. The molecule has 0 aliphatic heterocycles. The lowest BCUT2D eigenvalue weighted by Gasteiger charge is -2.09. The zero-order chi connectivity index (χ0) is 11.6. The Morgan fingerprint density at radius 3 is 2.88 bits per heavy atom. The van der Waals surface area contributed by atoms with Crippen LogP contribution in [0.1, 0.15) is 25.3 Å². The van der Waals surface area contributed by atoms with E-state index in [4.69, 9.17) is 12.2 Å². The molecule has 1 aromatic rings. The summed E-state index contributed by atoms with van der Waals surface area (Å²) in [6, 6.07) is 4.02. The van der Waals surface area contributed by atoms with Crippen LogP contribution in [0.25, 0.3) is 0 Å². The molecule has 0 fully saturated rings. The van der Waals surface area contributed by atoms with Gasteiger partial charge in [-0.25, -0.2) is 0 Å². The summed E-state index contributed by atoms with van der Waals surface area (Å²) in [5, 5.41) is 7.10. The minimum absolute atomic E-state index is 0.748. The largest absolute Gasteiger partial charge is 0.363 e. The average Bonchev–Trinajstić information content (AvgIpc) is 2.31. The zero-order valence-electron chi connectivity index (χ0n) is 9.70. The number of unbranched alkanes of at least 4 members (excludes halogenated alkanes) is 1. The molecule has 4 heteroatoms. The smallest absolute Gasteiger partial charge is 0.166 e. The van der Waals surface area contributed by atoms with E-state index in [1.54, 1.807) is 6.20 Å². The predicted octanol–water partition coefficient (Wildman–Crippen LogP) is 1.89. The predicted molar refractivity (Wildman–Crippen MR) is 71.5 cm³/mol. The molecule has 0 aromatic carbocycles. The highest BCUT2D eigenvalue weighted by atomic mass is 32.1. The summed E-state index contributed by atoms with van der Waals surface area (Å²) in [5.74, 6) is 0. The molecule has 0 saturated heterocycles. The number of pyridine rings is 1. The van der Waals surface area contributed by atoms with Crippen molar-refractivity contribution in [3.63, 3.8) is 0 Å². The molecule has 0 radical (unpaired) electrons. The Morgan fingerprint density at radius 2 is 2.19 bits per heavy atom. The number of rotatable bonds is 6. The molecule has 1 aromatic heterocycles. The highest BCUT2D eigenvalue weighted by Crippen LogP contribution is 1.95. The van der Waals surface area contributed by atoms with Gasteiger partial charge in [-0.3, -0.25) is 4.98 Å². The minimum atomic E-state index is 0.748. The maximum Gasteiger partial charge on any atom is 0.166 e. The van der Waals surface area contributed by atoms with Crippen molar-refractivity contribution in [2.45, 2.75) is 26.2 Å². The molecule has 2 N–H and O–H groups in total. The van der Waals surface area contributed by atoms with Crippen molar-refractivity contribution >= 4 is 17.3 Å². The Balaban J connectivity index is 2.09. The molecule has 0 atom stereocenters. The van der Waals surface area contributed by atoms with E-state index >= 15 is 0 Å². The van der Waals surface area contributed by atoms with E-state index in [0.29, 0.717) is 0 Å². The number of hydrogen-bond donors (Lipinski definition) is 2. The number of aromatic nitrogens is 1. The molecule has 0 aliphatic carbocycles. The average molecular weight is 237 g/mol. The molecule has 0 unspecified atom stereocenters. The van der Waals surface area contributed by atoms with Crippen molar-refractivity contribution in [2.24, 2.45) is 0 Å². The van der Waals surface area contributed by atoms with Gasteiger partial charge in [0.15, 0.2) is 5.11 Å². The molecule has 3 nitrogen and oxygen atoms in total. The van der Waals surface area contributed by atoms with Crippen LogP contribution >= 0.6 is 12.2 Å². The van der Waals surface area contributed by atoms with Crippen LogP contribution in [-0.4, -0.2) is 23.2 Å². The van der Waals surface area contributed by atoms with E-state index in [1.165, 1.54) is 12.0 Å². The van der Waals surface area contributed by atoms with Crippen molar-refractivity contribution in [1.82, 2.24) is 15.6 Å². The zero-order valence-corrected chi connectivity index (χ0v) is 10.5. The topological polar surface area (TPSA) is 37.0 Å². The molecule has 0 amide bonds. The molecule has 0 saturated carbocycles. The molecule has 0 aliphatic rings. The molecule has 16 heavy (non-hydrogen) atoms. The summed E-state index contributed by atoms with van der Waals surface area (Å²) in [7, 11) is 0. The molecule has 88 valence electrons. The fraction of sp³-hybridized carbons (Fsp3) is 0.500. The second-order valence-corrected chi connectivity index (χ2v) is 4.06. The number of hydrogen-bond acceptors (Lipinski definition) is 2. The first-order valence-corrected chi connectivity index (χ1v) is 6.14. The van der Waals surface area contributed by atoms with Gasteiger partial charge in [0.2, 0.25) is 0 Å². The summed E-state index contributed by atoms with van der Waals surface area (Å²) in [6.07, 6.45) is 6.96. The van der Waals surface area contributed by atoms with Gasteiger partial charge in [0.1, 0.15) is 0 Å². The van der Waals surface area contributed by atoms with Crippen LogP contribution in [0.4, 0.5) is 0 Å². The molecular formula is C12H19N3S. The summed E-state index contributed by atoms with van der Waals surface area (Å²) < 4.78 is 0. The Labute approximate surface area is 103 Å². The van der Waals surface area contributed by atoms with Gasteiger partial charge in [-0.2, -0.15) is 0 Å². The third-order valence-corrected chi connectivity index (χ3v) is 2.53. The summed E-state index contributed by atoms with van der Waals surface area (Å²) in [6.45, 7) is 3.97. The second-order valence-electron chi connectivity index (χ2n) is 3.65. The first kappa shape index (κ1) is 12.9. The Hall–Kier alpha value is -1.16. The highest BCUT2D eigenvalue weighted by molar-refractivity contribution is 7.80. The molecule has 0 bridgehead atoms. The van der Waals surface area contributed by atoms with Crippen LogP contribution in [0.5, 0.6) is 0 Å². The van der Waals surface area contributed by atoms with Crippen LogP contribution in [0.2, 0.25) is 0 Å². The summed E-state index contributed by atoms with van der Waals surface area (Å²) >= 11 is 5.14. The maximum absolute atomic E-state index is 5.14. The third-order valence-electron chi connectivity index (χ3n) is 2.24. The number of nitrogens with one attached hydrogen (secondary N) is 2. The highest BCUT2D eigenvalue weighted by Gasteiger charge is 1.95. The standard InChI is InChI=1S/C12H19N3S/c1-2-3-8-14-12(16)15-9-6-11-5-4-7-13-10-11/h4-5,7,10H,2-3,6,8-9H2,1H3,(H2,14,15,16). The van der Waals surface area contributed by atoms with Crippen molar-refractivity contribution in [3.05, 3.63) is 30.1 Å². The molecule has 1 heterocycles. The van der Waals surface area contributed by atoms with Gasteiger partial charge in [-0.1, -0.05) is 19.4 Å². The van der Waals surface area contributed by atoms with E-state index < -0.39 is 0 Å². The molecule has 0 spiro atoms. The van der Waals surface area contributed by atoms with E-state index in [0.717, 1.165) is 31.0 Å². The SMILES string of the molecule is CCCCNC(=S)NCCc1cccnc1. The lowest BCUT2D eigenvalue weighted by atomic mass is 10.2. The van der Waals surface area contributed by atoms with E-state index in [2.05, 4.69) is 28.6 Å². The van der Waals surface area contributed by atoms with Crippen LogP contribution in [-0.2, 0) is 6.42 Å². The number of nitrogens with zero attached hydrogens (tertiary/aromatic N) is 1. The quantitative estimate of drug-likeness (QED) is 0.585. The Morgan fingerprint density at radius 1 is 1.38 bits per heavy atom. The third kappa shape index (κ3) is 5.66. The van der Waals surface area contributed by atoms with Crippen molar-refractivity contribution < 1.29 is 0 Å². The van der Waals surface area contributed by atoms with Crippen LogP contribution < -0.4 is 10.6 Å². The normalized spacial score (nSPS) is 9.81. The maximum atomic E-state index is 5.14. The lowest BCUT2D eigenvalue weighted by molar-refractivity contribution is 0.737. The van der Waals surface area contributed by atoms with Crippen LogP contribution in [0.3, 0.4) is 0 Å². The lowest BCUT2D eigenvalue weighted by Crippen LogP contribution is -2.36. The van der Waals surface area contributed by atoms with E-state index in [1.807, 2.05) is 12.3 Å². The van der Waals surface area contributed by atoms with Crippen LogP contribution in [0.15, 0.2) is 24.5 Å². The van der Waals surface area contributed by atoms with Gasteiger partial charge >= 0.3 is 0 Å². The Kier molecular flexibility index (Phi) is 6.49. The summed E-state index contributed by atoms with van der Waals surface area (Å²) in [4.78, 5) is 4.07. The first-order valence-electron chi connectivity index (χ1n) is 5.73. The first-order chi connectivity index (χ1) is 7.83. The van der Waals surface area contributed by atoms with Crippen molar-refractivity contribution in [3.8, 4) is 0 Å². The second kappa shape index (κ2) is 8.05. The van der Waals surface area contributed by atoms with Gasteiger partial charge in [0.05, 0.1) is 0 Å². The van der Waals surface area contributed by atoms with Crippen LogP contribution in [0, 0.1) is 0 Å². The van der Waals surface area contributed by atoms with Gasteiger partial charge < -0.3 is 10.6 Å². The minimum Gasteiger partial charge on any atom is -0.363 e. The fourth-order valence-electron chi connectivity index (χ4n) is 1.31. The van der Waals surface area contributed by atoms with Gasteiger partial charge in [0.25, 0.3) is 0 Å². The Bertz CT molecular complexity index is 300. The van der Waals surface area contributed by atoms with Gasteiger partial charge in [-0.15, -0.1) is 0 Å². The molecule has 1 rings (SSSR count).